The van der Waals surface area contributed by atoms with Gasteiger partial charge in [0.2, 0.25) is 35.4 Å². The van der Waals surface area contributed by atoms with Crippen molar-refractivity contribution in [3.05, 3.63) is 108 Å². The van der Waals surface area contributed by atoms with E-state index in [0.717, 1.165) is 29.0 Å². The van der Waals surface area contributed by atoms with Crippen LogP contribution in [0.3, 0.4) is 0 Å². The number of H-pyrrole nitrogens is 1. The molecule has 2 aliphatic rings. The third kappa shape index (κ3) is 10.9. The number of nitrogens with one attached hydrogen (secondary N) is 7. The maximum Gasteiger partial charge on any atom is 0.243 e. The Kier molecular flexibility index (Phi) is 14.1. The predicted molar refractivity (Wildman–Crippen MR) is 213 cm³/mol. The van der Waals surface area contributed by atoms with Gasteiger partial charge in [0.15, 0.2) is 6.23 Å². The lowest BCUT2D eigenvalue weighted by atomic mass is 9.95. The van der Waals surface area contributed by atoms with E-state index in [2.05, 4.69) is 36.9 Å². The number of aliphatic hydroxyl groups is 3. The minimum Gasteiger partial charge on any atom is -0.394 e. The summed E-state index contributed by atoms with van der Waals surface area (Å²) in [6, 6.07) is 21.1. The van der Waals surface area contributed by atoms with Gasteiger partial charge in [0, 0.05) is 49.8 Å². The van der Waals surface area contributed by atoms with Crippen LogP contribution in [0.1, 0.15) is 30.0 Å². The highest BCUT2D eigenvalue weighted by Crippen LogP contribution is 2.22. The van der Waals surface area contributed by atoms with E-state index in [1.165, 1.54) is 0 Å². The molecule has 0 saturated carbocycles. The van der Waals surface area contributed by atoms with Gasteiger partial charge in [-0.25, -0.2) is 0 Å². The fraction of sp³-hybridized carbons (Fsp3) is 0.381. The van der Waals surface area contributed by atoms with Gasteiger partial charge in [0.1, 0.15) is 42.4 Å². The molecule has 17 heteroatoms. The fourth-order valence-corrected chi connectivity index (χ4v) is 7.40. The number of benzene rings is 3. The molecule has 3 heterocycles. The number of aliphatic hydroxyl groups excluding tert-OH is 3. The minimum absolute atomic E-state index is 0.0297. The predicted octanol–water partition coefficient (Wildman–Crippen LogP) is -1.15. The summed E-state index contributed by atoms with van der Waals surface area (Å²) >= 11 is 0. The molecule has 3 unspecified atom stereocenters. The van der Waals surface area contributed by atoms with E-state index in [4.69, 9.17) is 4.74 Å². The highest BCUT2D eigenvalue weighted by atomic mass is 16.5. The van der Waals surface area contributed by atoms with Crippen molar-refractivity contribution in [3.63, 3.8) is 0 Å². The molecule has 17 nitrogen and oxygen atoms in total. The van der Waals surface area contributed by atoms with Gasteiger partial charge in [-0.2, -0.15) is 0 Å². The normalized spacial score (nSPS) is 27.0. The molecule has 312 valence electrons. The van der Waals surface area contributed by atoms with Crippen LogP contribution in [-0.4, -0.2) is 118 Å². The number of aromatic nitrogens is 1. The van der Waals surface area contributed by atoms with Crippen molar-refractivity contribution in [2.45, 2.75) is 81.3 Å². The third-order valence-electron chi connectivity index (χ3n) is 10.5. The Morgan fingerprint density at radius 1 is 0.746 bits per heavy atom. The second-order valence-electron chi connectivity index (χ2n) is 14.8. The number of rotatable bonds is 10. The zero-order valence-electron chi connectivity index (χ0n) is 32.3. The Morgan fingerprint density at radius 2 is 1.37 bits per heavy atom. The van der Waals surface area contributed by atoms with E-state index in [1.807, 2.05) is 84.9 Å². The quantitative estimate of drug-likeness (QED) is 0.0860. The van der Waals surface area contributed by atoms with E-state index in [-0.39, 0.29) is 25.8 Å². The molecule has 2 saturated heterocycles. The van der Waals surface area contributed by atoms with E-state index < -0.39 is 103 Å². The Hall–Kier alpha value is -6.14. The van der Waals surface area contributed by atoms with Crippen LogP contribution in [0.4, 0.5) is 0 Å². The van der Waals surface area contributed by atoms with Crippen LogP contribution in [-0.2, 0) is 52.8 Å². The molecule has 4 aromatic rings. The molecule has 6 rings (SSSR count). The van der Waals surface area contributed by atoms with E-state index in [1.54, 1.807) is 6.20 Å². The first kappa shape index (κ1) is 42.5. The van der Waals surface area contributed by atoms with Gasteiger partial charge in [-0.05, 0) is 29.2 Å². The Labute approximate surface area is 339 Å². The molecule has 0 spiro atoms. The molecular formula is C42H49N7O10. The topological polar surface area (TPSA) is 260 Å². The van der Waals surface area contributed by atoms with Crippen LogP contribution in [0.15, 0.2) is 91.1 Å². The van der Waals surface area contributed by atoms with Crippen LogP contribution in [0.5, 0.6) is 0 Å². The number of amides is 6. The lowest BCUT2D eigenvalue weighted by Crippen LogP contribution is -2.68. The number of carbonyl (C=O) groups is 6. The molecule has 1 aromatic heterocycles. The summed E-state index contributed by atoms with van der Waals surface area (Å²) < 4.78 is 5.65. The van der Waals surface area contributed by atoms with Gasteiger partial charge in [0.25, 0.3) is 0 Å². The van der Waals surface area contributed by atoms with Crippen LogP contribution >= 0.6 is 0 Å². The number of carbonyl (C=O) groups excluding carboxylic acids is 6. The van der Waals surface area contributed by atoms with Crippen molar-refractivity contribution in [1.29, 1.82) is 0 Å². The van der Waals surface area contributed by atoms with Crippen LogP contribution in [0.25, 0.3) is 10.9 Å². The average molecular weight is 812 g/mol. The molecule has 0 radical (unpaired) electrons. The summed E-state index contributed by atoms with van der Waals surface area (Å²) in [6.07, 6.45) is -4.99. The third-order valence-corrected chi connectivity index (χ3v) is 10.5. The highest BCUT2D eigenvalue weighted by molar-refractivity contribution is 6.04. The Morgan fingerprint density at radius 3 is 2.05 bits per heavy atom. The summed E-state index contributed by atoms with van der Waals surface area (Å²) in [6.45, 7) is 0.194. The van der Waals surface area contributed by atoms with Gasteiger partial charge in [-0.3, -0.25) is 28.8 Å². The molecule has 9 atom stereocenters. The first-order valence-corrected chi connectivity index (χ1v) is 19.4. The van der Waals surface area contributed by atoms with Gasteiger partial charge in [-0.1, -0.05) is 78.9 Å². The summed E-state index contributed by atoms with van der Waals surface area (Å²) in [5.41, 5.74) is 3.06. The van der Waals surface area contributed by atoms with Crippen molar-refractivity contribution in [2.75, 3.05) is 13.2 Å². The number of hydrogen-bond donors (Lipinski definition) is 10. The lowest BCUT2D eigenvalue weighted by molar-refractivity contribution is -0.203. The molecule has 0 aliphatic carbocycles. The summed E-state index contributed by atoms with van der Waals surface area (Å²) in [7, 11) is 0. The molecule has 2 fully saturated rings. The Balaban J connectivity index is 1.33. The van der Waals surface area contributed by atoms with Crippen molar-refractivity contribution in [1.82, 2.24) is 36.9 Å². The molecule has 2 aliphatic heterocycles. The fourth-order valence-electron chi connectivity index (χ4n) is 7.40. The van der Waals surface area contributed by atoms with Gasteiger partial charge >= 0.3 is 0 Å². The first-order chi connectivity index (χ1) is 28.4. The summed E-state index contributed by atoms with van der Waals surface area (Å²) in [4.78, 5) is 85.8. The maximum atomic E-state index is 14.3. The van der Waals surface area contributed by atoms with Crippen molar-refractivity contribution in [3.8, 4) is 0 Å². The van der Waals surface area contributed by atoms with Crippen LogP contribution in [0.2, 0.25) is 0 Å². The number of fused-ring (bicyclic) bond motifs is 1. The molecule has 0 bridgehead atoms. The van der Waals surface area contributed by atoms with Gasteiger partial charge in [-0.15, -0.1) is 0 Å². The molecule has 59 heavy (non-hydrogen) atoms. The van der Waals surface area contributed by atoms with Crippen LogP contribution < -0.4 is 31.9 Å². The molecule has 10 N–H and O–H groups in total. The van der Waals surface area contributed by atoms with Crippen molar-refractivity contribution in [2.24, 2.45) is 5.92 Å². The first-order valence-electron chi connectivity index (χ1n) is 19.4. The molecular weight excluding hydrogens is 763 g/mol. The standard InChI is InChI=1S/C42H49N7O10/c1-23(51)45-35-37(54)36(53)33(22-50)59-42(35)49-39(56)29-19-34(52)47-32(18-26-20-43-30-15-9-8-14-28(26)30)41(58)48-31(17-25-12-6-3-7-13-25)40(57)46-27(21-44-38(29)55)16-24-10-4-2-5-11-24/h2-15,20,27,29,31-33,35-37,42-43,50,53-54H,16-19,21-22H2,1H3,(H,44,55)(H,45,51)(H,46,57)(H,47,52)(H,48,58)(H,49,56)/t27-,29?,31?,32?,33-,35-,36-,37-,42-/m1/s1. The van der Waals surface area contributed by atoms with E-state index >= 15 is 0 Å². The molecule has 3 aromatic carbocycles. The average Bonchev–Trinajstić information content (AvgIpc) is 3.63. The summed E-state index contributed by atoms with van der Waals surface area (Å²) in [5, 5.41) is 48.0. The van der Waals surface area contributed by atoms with Gasteiger partial charge < -0.3 is 56.9 Å². The summed E-state index contributed by atoms with van der Waals surface area (Å²) in [5.74, 6) is -6.46. The monoisotopic (exact) mass is 811 g/mol. The zero-order valence-corrected chi connectivity index (χ0v) is 32.3. The lowest BCUT2D eigenvalue weighted by Gasteiger charge is -2.42. The highest BCUT2D eigenvalue weighted by Gasteiger charge is 2.46. The van der Waals surface area contributed by atoms with E-state index in [0.29, 0.717) is 5.56 Å². The maximum absolute atomic E-state index is 14.3. The zero-order chi connectivity index (χ0) is 42.1. The second-order valence-corrected chi connectivity index (χ2v) is 14.8. The molecule has 6 amide bonds. The second kappa shape index (κ2) is 19.5. The van der Waals surface area contributed by atoms with E-state index in [9.17, 15) is 44.1 Å². The van der Waals surface area contributed by atoms with Crippen molar-refractivity contribution < 1.29 is 48.8 Å². The number of aromatic amines is 1. The largest absolute Gasteiger partial charge is 0.394 e. The number of ether oxygens (including phenoxy) is 1. The number of hydrogen-bond acceptors (Lipinski definition) is 10. The van der Waals surface area contributed by atoms with Crippen LogP contribution in [0, 0.1) is 5.92 Å². The van der Waals surface area contributed by atoms with Gasteiger partial charge in [0.05, 0.1) is 12.6 Å². The number of para-hydroxylation sites is 1. The Bertz CT molecular complexity index is 2120. The van der Waals surface area contributed by atoms with Crippen molar-refractivity contribution >= 4 is 46.3 Å². The smallest absolute Gasteiger partial charge is 0.243 e. The SMILES string of the molecule is CC(=O)N[C@@H]1[C@@H](O)[C@H](O)[C@@H](CO)O[C@H]1NC(=O)C1CC(=O)NC(Cc2c[nH]c3ccccc23)C(=O)NC(Cc2ccccc2)C(=O)N[C@H](Cc2ccccc2)CNC1=O. The minimum atomic E-state index is -1.77.